The molecule has 0 spiro atoms. The van der Waals surface area contributed by atoms with Gasteiger partial charge >= 0.3 is 0 Å². The quantitative estimate of drug-likeness (QED) is 0.926. The van der Waals surface area contributed by atoms with E-state index in [1.807, 2.05) is 10.9 Å². The topological polar surface area (TPSA) is 47.3 Å². The van der Waals surface area contributed by atoms with Crippen molar-refractivity contribution in [2.24, 2.45) is 11.8 Å². The summed E-state index contributed by atoms with van der Waals surface area (Å²) in [6.45, 7) is 4.20. The first-order valence-corrected chi connectivity index (χ1v) is 8.52. The molecule has 0 radical (unpaired) electrons. The van der Waals surface area contributed by atoms with Crippen LogP contribution in [0.25, 0.3) is 0 Å². The minimum atomic E-state index is -0.345. The lowest BCUT2D eigenvalue weighted by molar-refractivity contribution is 0.0216. The minimum absolute atomic E-state index is 0.0786. The monoisotopic (exact) mass is 292 g/mol. The Kier molecular flexibility index (Phi) is 4.53. The standard InChI is InChI=1S/C17H28N2O2/c1-12(2)19-11-15(10-18-19)21-17-8-4-6-14-9-13(14)5-3-7-16(17)20/h10-14,16-17,20H,3-9H2,1-2H3/t13?,14?,16-,17-/m1/s1. The van der Waals surface area contributed by atoms with Gasteiger partial charge in [-0.3, -0.25) is 4.68 Å². The zero-order chi connectivity index (χ0) is 14.8. The maximum absolute atomic E-state index is 10.4. The first-order valence-electron chi connectivity index (χ1n) is 8.52. The summed E-state index contributed by atoms with van der Waals surface area (Å²) in [5.41, 5.74) is 0. The molecule has 3 rings (SSSR count). The molecule has 1 aromatic heterocycles. The second kappa shape index (κ2) is 6.39. The van der Waals surface area contributed by atoms with Crippen molar-refractivity contribution in [2.75, 3.05) is 0 Å². The largest absolute Gasteiger partial charge is 0.484 e. The summed E-state index contributed by atoms with van der Waals surface area (Å²) >= 11 is 0. The maximum atomic E-state index is 10.4. The Balaban J connectivity index is 1.60. The van der Waals surface area contributed by atoms with Crippen molar-refractivity contribution in [3.8, 4) is 5.75 Å². The van der Waals surface area contributed by atoms with Crippen molar-refractivity contribution in [2.45, 2.75) is 77.0 Å². The number of aromatic nitrogens is 2. The number of ether oxygens (including phenoxy) is 1. The van der Waals surface area contributed by atoms with Gasteiger partial charge in [0.05, 0.1) is 18.5 Å². The van der Waals surface area contributed by atoms with Gasteiger partial charge in [-0.15, -0.1) is 0 Å². The second-order valence-corrected chi connectivity index (χ2v) is 7.09. The van der Waals surface area contributed by atoms with E-state index in [4.69, 9.17) is 4.74 Å². The number of aliphatic hydroxyl groups is 1. The van der Waals surface area contributed by atoms with Crippen LogP contribution in [-0.2, 0) is 0 Å². The zero-order valence-corrected chi connectivity index (χ0v) is 13.2. The molecule has 0 aromatic carbocycles. The van der Waals surface area contributed by atoms with Gasteiger partial charge in [0.25, 0.3) is 0 Å². The summed E-state index contributed by atoms with van der Waals surface area (Å²) in [5.74, 6) is 2.71. The predicted octanol–water partition coefficient (Wildman–Crippen LogP) is 3.56. The third kappa shape index (κ3) is 3.79. The van der Waals surface area contributed by atoms with Gasteiger partial charge in [-0.05, 0) is 51.4 Å². The highest BCUT2D eigenvalue weighted by Gasteiger charge is 2.37. The van der Waals surface area contributed by atoms with E-state index in [2.05, 4.69) is 18.9 Å². The highest BCUT2D eigenvalue weighted by atomic mass is 16.5. The summed E-state index contributed by atoms with van der Waals surface area (Å²) in [6.07, 6.45) is 11.4. The molecule has 1 aromatic rings. The summed E-state index contributed by atoms with van der Waals surface area (Å²) in [4.78, 5) is 0. The molecule has 2 aliphatic rings. The Morgan fingerprint density at radius 2 is 1.90 bits per heavy atom. The lowest BCUT2D eigenvalue weighted by Gasteiger charge is -2.24. The molecule has 1 heterocycles. The van der Waals surface area contributed by atoms with Crippen LogP contribution in [0.4, 0.5) is 0 Å². The molecule has 1 N–H and O–H groups in total. The predicted molar refractivity (Wildman–Crippen MR) is 82.3 cm³/mol. The molecule has 0 saturated heterocycles. The Morgan fingerprint density at radius 1 is 1.19 bits per heavy atom. The number of aliphatic hydroxyl groups excluding tert-OH is 1. The van der Waals surface area contributed by atoms with Crippen LogP contribution in [0.2, 0.25) is 0 Å². The van der Waals surface area contributed by atoms with Gasteiger partial charge in [-0.25, -0.2) is 0 Å². The molecule has 4 atom stereocenters. The van der Waals surface area contributed by atoms with Crippen molar-refractivity contribution < 1.29 is 9.84 Å². The number of hydrogen-bond donors (Lipinski definition) is 1. The van der Waals surface area contributed by atoms with Crippen molar-refractivity contribution in [3.05, 3.63) is 12.4 Å². The number of hydrogen-bond acceptors (Lipinski definition) is 3. The van der Waals surface area contributed by atoms with Gasteiger partial charge in [-0.1, -0.05) is 19.3 Å². The van der Waals surface area contributed by atoms with Crippen LogP contribution >= 0.6 is 0 Å². The van der Waals surface area contributed by atoms with Crippen LogP contribution in [0.3, 0.4) is 0 Å². The van der Waals surface area contributed by atoms with Crippen LogP contribution in [0.15, 0.2) is 12.4 Å². The first kappa shape index (κ1) is 14.9. The van der Waals surface area contributed by atoms with Crippen LogP contribution in [-0.4, -0.2) is 27.1 Å². The molecule has 0 amide bonds. The number of fused-ring (bicyclic) bond motifs is 1. The lowest BCUT2D eigenvalue weighted by Crippen LogP contribution is -2.32. The van der Waals surface area contributed by atoms with E-state index in [0.717, 1.165) is 36.8 Å². The van der Waals surface area contributed by atoms with Crippen molar-refractivity contribution in [1.29, 1.82) is 0 Å². The molecule has 4 nitrogen and oxygen atoms in total. The summed E-state index contributed by atoms with van der Waals surface area (Å²) in [7, 11) is 0. The highest BCUT2D eigenvalue weighted by Crippen LogP contribution is 2.46. The Bertz CT molecular complexity index is 457. The third-order valence-electron chi connectivity index (χ3n) is 5.03. The molecule has 21 heavy (non-hydrogen) atoms. The summed E-state index contributed by atoms with van der Waals surface area (Å²) < 4.78 is 7.95. The van der Waals surface area contributed by atoms with Crippen LogP contribution in [0.5, 0.6) is 5.75 Å². The van der Waals surface area contributed by atoms with E-state index < -0.39 is 0 Å². The zero-order valence-electron chi connectivity index (χ0n) is 13.2. The SMILES string of the molecule is CC(C)n1cc(O[C@@H]2CCCC3CC3CCC[C@H]2O)cn1. The summed E-state index contributed by atoms with van der Waals surface area (Å²) in [5, 5.41) is 14.7. The first-order chi connectivity index (χ1) is 10.1. The number of rotatable bonds is 3. The molecule has 2 aliphatic carbocycles. The fourth-order valence-electron chi connectivity index (χ4n) is 3.54. The minimum Gasteiger partial charge on any atom is -0.484 e. The molecular weight excluding hydrogens is 264 g/mol. The van der Waals surface area contributed by atoms with Crippen LogP contribution < -0.4 is 4.74 Å². The van der Waals surface area contributed by atoms with E-state index in [1.165, 1.54) is 25.7 Å². The lowest BCUT2D eigenvalue weighted by atomic mass is 9.97. The van der Waals surface area contributed by atoms with E-state index in [1.54, 1.807) is 6.20 Å². The second-order valence-electron chi connectivity index (χ2n) is 7.09. The summed E-state index contributed by atoms with van der Waals surface area (Å²) in [6, 6.07) is 0.336. The Labute approximate surface area is 127 Å². The molecule has 118 valence electrons. The molecule has 4 heteroatoms. The molecule has 2 saturated carbocycles. The Morgan fingerprint density at radius 3 is 2.57 bits per heavy atom. The van der Waals surface area contributed by atoms with Gasteiger partial charge < -0.3 is 9.84 Å². The van der Waals surface area contributed by atoms with Crippen molar-refractivity contribution in [1.82, 2.24) is 9.78 Å². The van der Waals surface area contributed by atoms with E-state index in [0.29, 0.717) is 6.04 Å². The average molecular weight is 292 g/mol. The van der Waals surface area contributed by atoms with Crippen LogP contribution in [0.1, 0.15) is 64.8 Å². The van der Waals surface area contributed by atoms with E-state index >= 15 is 0 Å². The average Bonchev–Trinajstić information content (AvgIpc) is 3.01. The van der Waals surface area contributed by atoms with Gasteiger partial charge in [0, 0.05) is 6.04 Å². The molecule has 0 bridgehead atoms. The highest BCUT2D eigenvalue weighted by molar-refractivity contribution is 5.13. The van der Waals surface area contributed by atoms with Crippen molar-refractivity contribution in [3.63, 3.8) is 0 Å². The fraction of sp³-hybridized carbons (Fsp3) is 0.824. The van der Waals surface area contributed by atoms with E-state index in [9.17, 15) is 5.11 Å². The Hall–Kier alpha value is -1.03. The van der Waals surface area contributed by atoms with Gasteiger partial charge in [0.15, 0.2) is 5.75 Å². The van der Waals surface area contributed by atoms with Gasteiger partial charge in [-0.2, -0.15) is 5.10 Å². The van der Waals surface area contributed by atoms with Crippen LogP contribution in [0, 0.1) is 11.8 Å². The third-order valence-corrected chi connectivity index (χ3v) is 5.03. The normalized spacial score (nSPS) is 33.5. The number of nitrogens with zero attached hydrogens (tertiary/aromatic N) is 2. The van der Waals surface area contributed by atoms with Gasteiger partial charge in [0.2, 0.25) is 0 Å². The smallest absolute Gasteiger partial charge is 0.157 e. The van der Waals surface area contributed by atoms with E-state index in [-0.39, 0.29) is 12.2 Å². The molecule has 0 aliphatic heterocycles. The maximum Gasteiger partial charge on any atom is 0.157 e. The van der Waals surface area contributed by atoms with Crippen molar-refractivity contribution >= 4 is 0 Å². The van der Waals surface area contributed by atoms with Gasteiger partial charge in [0.1, 0.15) is 6.10 Å². The molecule has 2 fully saturated rings. The fourth-order valence-corrected chi connectivity index (χ4v) is 3.54. The molecular formula is C17H28N2O2. The molecule has 2 unspecified atom stereocenters.